The van der Waals surface area contributed by atoms with Crippen molar-refractivity contribution in [3.63, 3.8) is 0 Å². The first-order valence-electron chi connectivity index (χ1n) is 9.13. The maximum Gasteiger partial charge on any atom is 0.253 e. The molecule has 0 radical (unpaired) electrons. The van der Waals surface area contributed by atoms with Gasteiger partial charge < -0.3 is 9.73 Å². The first-order valence-corrected chi connectivity index (χ1v) is 9.51. The fourth-order valence-corrected chi connectivity index (χ4v) is 3.57. The molecule has 1 aliphatic heterocycles. The highest BCUT2D eigenvalue weighted by Gasteiger charge is 2.40. The predicted molar refractivity (Wildman–Crippen MR) is 111 cm³/mol. The molecule has 1 aromatic heterocycles. The van der Waals surface area contributed by atoms with Crippen LogP contribution in [0.1, 0.15) is 17.2 Å². The van der Waals surface area contributed by atoms with E-state index in [1.54, 1.807) is 24.3 Å². The standard InChI is InChI=1S/C22H18ClN3O3/c23-16-8-4-7-15(11-16)19-10-9-17(29-19)12-25-26-22(28)20-18(13-24-21(20)27)14-5-2-1-3-6-14/h1-12,18,20H,13H2,(H,24,27)(H,26,28)/b25-12+/t18-,20+/m1/s1. The summed E-state index contributed by atoms with van der Waals surface area (Å²) in [4.78, 5) is 24.7. The highest BCUT2D eigenvalue weighted by Crippen LogP contribution is 2.29. The number of rotatable bonds is 5. The van der Waals surface area contributed by atoms with E-state index in [0.29, 0.717) is 23.1 Å². The maximum atomic E-state index is 12.6. The van der Waals surface area contributed by atoms with Gasteiger partial charge in [-0.3, -0.25) is 9.59 Å². The summed E-state index contributed by atoms with van der Waals surface area (Å²) < 4.78 is 5.71. The van der Waals surface area contributed by atoms with Crippen LogP contribution < -0.4 is 10.7 Å². The fourth-order valence-electron chi connectivity index (χ4n) is 3.38. The van der Waals surface area contributed by atoms with E-state index < -0.39 is 11.8 Å². The molecule has 1 saturated heterocycles. The Morgan fingerprint density at radius 3 is 2.76 bits per heavy atom. The minimum atomic E-state index is -0.826. The second-order valence-electron chi connectivity index (χ2n) is 6.69. The Bertz CT molecular complexity index is 1060. The van der Waals surface area contributed by atoms with Crippen LogP contribution in [0.25, 0.3) is 11.3 Å². The van der Waals surface area contributed by atoms with E-state index in [4.69, 9.17) is 16.0 Å². The van der Waals surface area contributed by atoms with Crippen molar-refractivity contribution >= 4 is 29.6 Å². The lowest BCUT2D eigenvalue weighted by Gasteiger charge is -2.15. The Hall–Kier alpha value is -3.38. The molecule has 0 unspecified atom stereocenters. The zero-order valence-corrected chi connectivity index (χ0v) is 16.1. The van der Waals surface area contributed by atoms with Crippen LogP contribution in [0, 0.1) is 5.92 Å². The largest absolute Gasteiger partial charge is 0.455 e. The molecule has 146 valence electrons. The van der Waals surface area contributed by atoms with Crippen molar-refractivity contribution in [1.82, 2.24) is 10.7 Å². The number of benzene rings is 2. The van der Waals surface area contributed by atoms with Crippen molar-refractivity contribution in [3.8, 4) is 11.3 Å². The number of amides is 2. The highest BCUT2D eigenvalue weighted by molar-refractivity contribution is 6.30. The normalized spacial score (nSPS) is 18.7. The molecule has 7 heteroatoms. The maximum absolute atomic E-state index is 12.6. The molecule has 3 aromatic rings. The van der Waals surface area contributed by atoms with Crippen LogP contribution in [0.4, 0.5) is 0 Å². The van der Waals surface area contributed by atoms with Gasteiger partial charge in [-0.25, -0.2) is 5.43 Å². The lowest BCUT2D eigenvalue weighted by Crippen LogP contribution is -2.34. The molecule has 1 fully saturated rings. The summed E-state index contributed by atoms with van der Waals surface area (Å²) in [5.74, 6) is -0.694. The van der Waals surface area contributed by atoms with Crippen LogP contribution >= 0.6 is 11.6 Å². The van der Waals surface area contributed by atoms with E-state index >= 15 is 0 Å². The molecule has 2 aromatic carbocycles. The molecule has 2 atom stereocenters. The Labute approximate surface area is 172 Å². The summed E-state index contributed by atoms with van der Waals surface area (Å²) in [7, 11) is 0. The number of hydrazone groups is 1. The molecule has 29 heavy (non-hydrogen) atoms. The second kappa shape index (κ2) is 8.32. The van der Waals surface area contributed by atoms with Gasteiger partial charge in [0.05, 0.1) is 6.21 Å². The van der Waals surface area contributed by atoms with E-state index in [2.05, 4.69) is 15.8 Å². The number of carbonyl (C=O) groups excluding carboxylic acids is 2. The average Bonchev–Trinajstić information content (AvgIpc) is 3.35. The summed E-state index contributed by atoms with van der Waals surface area (Å²) in [6.07, 6.45) is 1.40. The SMILES string of the molecule is O=C1NC[C@H](c2ccccc2)[C@@H]1C(=O)N/N=C/c1ccc(-c2cccc(Cl)c2)o1. The summed E-state index contributed by atoms with van der Waals surface area (Å²) in [5.41, 5.74) is 4.23. The number of hydrogen-bond acceptors (Lipinski definition) is 4. The molecule has 2 amide bonds. The van der Waals surface area contributed by atoms with E-state index in [-0.39, 0.29) is 11.8 Å². The minimum absolute atomic E-state index is 0.225. The summed E-state index contributed by atoms with van der Waals surface area (Å²) in [6, 6.07) is 20.3. The number of nitrogens with zero attached hydrogens (tertiary/aromatic N) is 1. The van der Waals surface area contributed by atoms with Gasteiger partial charge in [0, 0.05) is 23.0 Å². The number of furan rings is 1. The van der Waals surface area contributed by atoms with Crippen LogP contribution in [0.15, 0.2) is 76.2 Å². The first-order chi connectivity index (χ1) is 14.1. The van der Waals surface area contributed by atoms with Crippen molar-refractivity contribution in [1.29, 1.82) is 0 Å². The number of halogens is 1. The molecular weight excluding hydrogens is 390 g/mol. The van der Waals surface area contributed by atoms with E-state index in [9.17, 15) is 9.59 Å². The van der Waals surface area contributed by atoms with Gasteiger partial charge in [-0.15, -0.1) is 0 Å². The van der Waals surface area contributed by atoms with Crippen LogP contribution in [-0.2, 0) is 9.59 Å². The van der Waals surface area contributed by atoms with Crippen molar-refractivity contribution in [2.75, 3.05) is 6.54 Å². The minimum Gasteiger partial charge on any atom is -0.455 e. The predicted octanol–water partition coefficient (Wildman–Crippen LogP) is 3.58. The Balaban J connectivity index is 1.43. The molecule has 2 heterocycles. The molecule has 0 saturated carbocycles. The fraction of sp³-hybridized carbons (Fsp3) is 0.136. The Morgan fingerprint density at radius 2 is 1.97 bits per heavy atom. The monoisotopic (exact) mass is 407 g/mol. The Morgan fingerprint density at radius 1 is 1.14 bits per heavy atom. The van der Waals surface area contributed by atoms with Gasteiger partial charge in [0.2, 0.25) is 5.91 Å². The number of hydrogen-bond donors (Lipinski definition) is 2. The van der Waals surface area contributed by atoms with Crippen molar-refractivity contribution in [2.45, 2.75) is 5.92 Å². The number of carbonyl (C=O) groups is 2. The highest BCUT2D eigenvalue weighted by atomic mass is 35.5. The summed E-state index contributed by atoms with van der Waals surface area (Å²) in [6.45, 7) is 0.422. The zero-order valence-electron chi connectivity index (χ0n) is 15.3. The quantitative estimate of drug-likeness (QED) is 0.385. The molecular formula is C22H18ClN3O3. The third-order valence-electron chi connectivity index (χ3n) is 4.79. The lowest BCUT2D eigenvalue weighted by atomic mass is 9.88. The average molecular weight is 408 g/mol. The van der Waals surface area contributed by atoms with Crippen LogP contribution in [0.3, 0.4) is 0 Å². The van der Waals surface area contributed by atoms with Gasteiger partial charge in [0.1, 0.15) is 17.4 Å². The van der Waals surface area contributed by atoms with Gasteiger partial charge >= 0.3 is 0 Å². The smallest absolute Gasteiger partial charge is 0.253 e. The zero-order chi connectivity index (χ0) is 20.2. The van der Waals surface area contributed by atoms with Crippen LogP contribution in [-0.4, -0.2) is 24.6 Å². The molecule has 1 aliphatic rings. The summed E-state index contributed by atoms with van der Waals surface area (Å²) >= 11 is 6.00. The van der Waals surface area contributed by atoms with Gasteiger partial charge in [-0.05, 0) is 29.8 Å². The van der Waals surface area contributed by atoms with Crippen molar-refractivity contribution < 1.29 is 14.0 Å². The van der Waals surface area contributed by atoms with E-state index in [0.717, 1.165) is 11.1 Å². The molecule has 4 rings (SSSR count). The van der Waals surface area contributed by atoms with Gasteiger partial charge in [0.25, 0.3) is 5.91 Å². The topological polar surface area (TPSA) is 83.7 Å². The number of nitrogens with one attached hydrogen (secondary N) is 2. The third-order valence-corrected chi connectivity index (χ3v) is 5.03. The molecule has 0 bridgehead atoms. The van der Waals surface area contributed by atoms with Crippen LogP contribution in [0.5, 0.6) is 0 Å². The van der Waals surface area contributed by atoms with Crippen LogP contribution in [0.2, 0.25) is 5.02 Å². The van der Waals surface area contributed by atoms with Crippen molar-refractivity contribution in [3.05, 3.63) is 83.1 Å². The van der Waals surface area contributed by atoms with Gasteiger partial charge in [-0.2, -0.15) is 5.10 Å². The molecule has 2 N–H and O–H groups in total. The van der Waals surface area contributed by atoms with Gasteiger partial charge in [-0.1, -0.05) is 54.1 Å². The molecule has 6 nitrogen and oxygen atoms in total. The lowest BCUT2D eigenvalue weighted by molar-refractivity contribution is -0.133. The van der Waals surface area contributed by atoms with Crippen molar-refractivity contribution in [2.24, 2.45) is 11.0 Å². The summed E-state index contributed by atoms with van der Waals surface area (Å²) in [5, 5.41) is 7.32. The first kappa shape index (κ1) is 19.0. The van der Waals surface area contributed by atoms with E-state index in [1.165, 1.54) is 6.21 Å². The van der Waals surface area contributed by atoms with Gasteiger partial charge in [0.15, 0.2) is 0 Å². The second-order valence-corrected chi connectivity index (χ2v) is 7.12. The molecule has 0 spiro atoms. The third kappa shape index (κ3) is 4.22. The molecule has 0 aliphatic carbocycles. The van der Waals surface area contributed by atoms with E-state index in [1.807, 2.05) is 42.5 Å². The Kier molecular flexibility index (Phi) is 5.44.